The van der Waals surface area contributed by atoms with Crippen LogP contribution in [0.1, 0.15) is 0 Å². The van der Waals surface area contributed by atoms with Crippen molar-refractivity contribution in [2.45, 2.75) is 0 Å². The van der Waals surface area contributed by atoms with Gasteiger partial charge in [0.15, 0.2) is 11.6 Å². The van der Waals surface area contributed by atoms with Crippen molar-refractivity contribution < 1.29 is 4.42 Å². The molecule has 0 spiro atoms. The first-order valence-electron chi connectivity index (χ1n) is 15.9. The number of anilines is 3. The first-order valence-corrected chi connectivity index (χ1v) is 15.9. The fraction of sp³-hybridized carbons (Fsp3) is 0. The van der Waals surface area contributed by atoms with Gasteiger partial charge in [0.2, 0.25) is 5.95 Å². The first-order chi connectivity index (χ1) is 23.8. The number of para-hydroxylation sites is 1. The molecular formula is C42H25N5O. The highest BCUT2D eigenvalue weighted by Gasteiger charge is 2.32. The topological polar surface area (TPSA) is 67.9 Å². The summed E-state index contributed by atoms with van der Waals surface area (Å²) in [4.78, 5) is 22.4. The van der Waals surface area contributed by atoms with Crippen molar-refractivity contribution in [1.82, 2.24) is 19.9 Å². The molecule has 10 rings (SSSR count). The van der Waals surface area contributed by atoms with Crippen LogP contribution in [-0.2, 0) is 0 Å². The Bertz CT molecular complexity index is 2610. The number of hydrogen-bond donors (Lipinski definition) is 0. The average molecular weight is 616 g/mol. The van der Waals surface area contributed by atoms with Crippen LogP contribution in [-0.4, -0.2) is 19.9 Å². The number of fused-ring (bicyclic) bond motifs is 6. The molecule has 4 heterocycles. The zero-order valence-corrected chi connectivity index (χ0v) is 25.6. The summed E-state index contributed by atoms with van der Waals surface area (Å²) in [5.74, 6) is 1.74. The molecule has 9 aromatic rings. The molecule has 1 aliphatic heterocycles. The van der Waals surface area contributed by atoms with Gasteiger partial charge in [-0.2, -0.15) is 9.97 Å². The molecule has 1 aliphatic rings. The average Bonchev–Trinajstić information content (AvgIpc) is 3.55. The third-order valence-corrected chi connectivity index (χ3v) is 9.12. The lowest BCUT2D eigenvalue weighted by Crippen LogP contribution is -2.19. The Morgan fingerprint density at radius 3 is 1.88 bits per heavy atom. The number of pyridine rings is 1. The minimum absolute atomic E-state index is 0.531. The largest absolute Gasteiger partial charge is 0.456 e. The minimum Gasteiger partial charge on any atom is -0.456 e. The lowest BCUT2D eigenvalue weighted by molar-refractivity contribution is 0.669. The van der Waals surface area contributed by atoms with Crippen LogP contribution >= 0.6 is 0 Å². The third kappa shape index (κ3) is 3.99. The summed E-state index contributed by atoms with van der Waals surface area (Å²) in [6.45, 7) is 0. The molecule has 6 nitrogen and oxygen atoms in total. The van der Waals surface area contributed by atoms with E-state index in [-0.39, 0.29) is 0 Å². The van der Waals surface area contributed by atoms with E-state index in [2.05, 4.69) is 65.6 Å². The van der Waals surface area contributed by atoms with Crippen LogP contribution in [0.2, 0.25) is 0 Å². The van der Waals surface area contributed by atoms with Gasteiger partial charge in [0.05, 0.1) is 22.5 Å². The molecule has 0 fully saturated rings. The summed E-state index contributed by atoms with van der Waals surface area (Å²) >= 11 is 0. The maximum Gasteiger partial charge on any atom is 0.238 e. The van der Waals surface area contributed by atoms with Crippen molar-refractivity contribution in [2.24, 2.45) is 0 Å². The van der Waals surface area contributed by atoms with E-state index >= 15 is 0 Å². The highest BCUT2D eigenvalue weighted by molar-refractivity contribution is 6.24. The smallest absolute Gasteiger partial charge is 0.238 e. The Morgan fingerprint density at radius 1 is 0.458 bits per heavy atom. The molecule has 6 heteroatoms. The number of rotatable bonds is 4. The summed E-state index contributed by atoms with van der Waals surface area (Å²) in [5.41, 5.74) is 9.64. The second-order valence-corrected chi connectivity index (χ2v) is 11.9. The predicted molar refractivity (Wildman–Crippen MR) is 192 cm³/mol. The van der Waals surface area contributed by atoms with Crippen LogP contribution in [0.15, 0.2) is 156 Å². The Kier molecular flexibility index (Phi) is 5.77. The summed E-state index contributed by atoms with van der Waals surface area (Å²) in [6, 6.07) is 49.5. The fourth-order valence-corrected chi connectivity index (χ4v) is 7.02. The number of furan rings is 1. The molecule has 0 bridgehead atoms. The van der Waals surface area contributed by atoms with Crippen LogP contribution in [0.4, 0.5) is 17.3 Å². The standard InChI is InChI=1S/C42H25N5O/c1-3-12-26(13-4-1)40-44-41(27-14-5-2-6-15-27)46-42(45-40)47-34-19-11-17-29-28(33-18-9-10-25-43-33)21-22-30(37(29)34)31-23-24-36-38(39(31)47)32-16-7-8-20-35(32)48-36/h1-25H. The third-order valence-electron chi connectivity index (χ3n) is 9.12. The van der Waals surface area contributed by atoms with Crippen molar-refractivity contribution in [3.8, 4) is 45.2 Å². The van der Waals surface area contributed by atoms with Crippen LogP contribution in [0.25, 0.3) is 77.9 Å². The number of aromatic nitrogens is 4. The molecule has 6 aromatic carbocycles. The fourth-order valence-electron chi connectivity index (χ4n) is 7.02. The molecule has 0 aliphatic carbocycles. The molecule has 0 saturated heterocycles. The summed E-state index contributed by atoms with van der Waals surface area (Å²) < 4.78 is 6.44. The second kappa shape index (κ2) is 10.4. The maximum atomic E-state index is 6.44. The molecular weight excluding hydrogens is 590 g/mol. The van der Waals surface area contributed by atoms with E-state index in [9.17, 15) is 0 Å². The van der Waals surface area contributed by atoms with Gasteiger partial charge in [0.1, 0.15) is 11.2 Å². The zero-order valence-electron chi connectivity index (χ0n) is 25.6. The first kappa shape index (κ1) is 26.5. The maximum absolute atomic E-state index is 6.44. The number of nitrogens with zero attached hydrogens (tertiary/aromatic N) is 5. The minimum atomic E-state index is 0.531. The van der Waals surface area contributed by atoms with E-state index in [1.165, 1.54) is 0 Å². The van der Waals surface area contributed by atoms with Crippen molar-refractivity contribution in [3.05, 3.63) is 152 Å². The molecule has 48 heavy (non-hydrogen) atoms. The normalized spacial score (nSPS) is 12.1. The van der Waals surface area contributed by atoms with Gasteiger partial charge in [-0.05, 0) is 47.3 Å². The van der Waals surface area contributed by atoms with E-state index in [1.807, 2.05) is 91.1 Å². The van der Waals surface area contributed by atoms with Gasteiger partial charge in [-0.15, -0.1) is 0 Å². The van der Waals surface area contributed by atoms with Crippen LogP contribution < -0.4 is 4.90 Å². The van der Waals surface area contributed by atoms with Gasteiger partial charge in [-0.3, -0.25) is 9.88 Å². The summed E-state index contributed by atoms with van der Waals surface area (Å²) in [7, 11) is 0. The highest BCUT2D eigenvalue weighted by Crippen LogP contribution is 2.55. The SMILES string of the molecule is c1ccc(-c2nc(-c3ccccc3)nc(N3c4cccc5c(-c6ccccn6)ccc(c45)-c4ccc5oc6ccccc6c5c43)n2)cc1. The molecule has 0 radical (unpaired) electrons. The predicted octanol–water partition coefficient (Wildman–Crippen LogP) is 10.8. The van der Waals surface area contributed by atoms with Crippen molar-refractivity contribution >= 4 is 50.0 Å². The molecule has 224 valence electrons. The van der Waals surface area contributed by atoms with Crippen LogP contribution in [0.3, 0.4) is 0 Å². The molecule has 0 saturated carbocycles. The van der Waals surface area contributed by atoms with E-state index < -0.39 is 0 Å². The highest BCUT2D eigenvalue weighted by atomic mass is 16.3. The lowest BCUT2D eigenvalue weighted by Gasteiger charge is -2.33. The van der Waals surface area contributed by atoms with Gasteiger partial charge in [-0.25, -0.2) is 4.98 Å². The Hall–Kier alpha value is -6.66. The van der Waals surface area contributed by atoms with Gasteiger partial charge in [0, 0.05) is 39.2 Å². The Morgan fingerprint density at radius 2 is 1.12 bits per heavy atom. The molecule has 0 unspecified atom stereocenters. The Labute approximate surface area is 275 Å². The van der Waals surface area contributed by atoms with Crippen molar-refractivity contribution in [2.75, 3.05) is 4.90 Å². The monoisotopic (exact) mass is 615 g/mol. The van der Waals surface area contributed by atoms with Gasteiger partial charge >= 0.3 is 0 Å². The molecule has 0 amide bonds. The molecule has 0 N–H and O–H groups in total. The van der Waals surface area contributed by atoms with Crippen LogP contribution in [0.5, 0.6) is 0 Å². The van der Waals surface area contributed by atoms with Gasteiger partial charge in [-0.1, -0.05) is 109 Å². The second-order valence-electron chi connectivity index (χ2n) is 11.9. The van der Waals surface area contributed by atoms with E-state index in [0.29, 0.717) is 17.6 Å². The lowest BCUT2D eigenvalue weighted by atomic mass is 9.87. The number of hydrogen-bond acceptors (Lipinski definition) is 6. The molecule has 0 atom stereocenters. The van der Waals surface area contributed by atoms with E-state index in [4.69, 9.17) is 24.4 Å². The zero-order chi connectivity index (χ0) is 31.6. The summed E-state index contributed by atoms with van der Waals surface area (Å²) in [5, 5.41) is 4.28. The number of benzene rings is 6. The van der Waals surface area contributed by atoms with Crippen molar-refractivity contribution in [1.29, 1.82) is 0 Å². The quantitative estimate of drug-likeness (QED) is 0.196. The van der Waals surface area contributed by atoms with E-state index in [1.54, 1.807) is 0 Å². The summed E-state index contributed by atoms with van der Waals surface area (Å²) in [6.07, 6.45) is 1.84. The van der Waals surface area contributed by atoms with E-state index in [0.717, 1.165) is 77.6 Å². The molecule has 3 aromatic heterocycles. The van der Waals surface area contributed by atoms with Gasteiger partial charge in [0.25, 0.3) is 0 Å². The van der Waals surface area contributed by atoms with Crippen LogP contribution in [0, 0.1) is 0 Å². The van der Waals surface area contributed by atoms with Crippen molar-refractivity contribution in [3.63, 3.8) is 0 Å². The van der Waals surface area contributed by atoms with Gasteiger partial charge < -0.3 is 4.42 Å². The Balaban J connectivity index is 1.35.